The minimum Gasteiger partial charge on any atom is -0.456 e. The lowest BCUT2D eigenvalue weighted by molar-refractivity contribution is -0.150. The maximum absolute atomic E-state index is 12.0. The highest BCUT2D eigenvalue weighted by molar-refractivity contribution is 6.42. The molecule has 0 amide bonds. The van der Waals surface area contributed by atoms with Gasteiger partial charge in [0.15, 0.2) is 5.78 Å². The number of esters is 1. The fourth-order valence-corrected chi connectivity index (χ4v) is 1.71. The molecule has 0 spiro atoms. The lowest BCUT2D eigenvalue weighted by atomic mass is 10.1. The number of halogens is 2. The predicted octanol–water partition coefficient (Wildman–Crippen LogP) is 4.31. The summed E-state index contributed by atoms with van der Waals surface area (Å²) in [5.74, 6) is -1.03. The van der Waals surface area contributed by atoms with E-state index in [2.05, 4.69) is 0 Å². The van der Waals surface area contributed by atoms with E-state index in [1.54, 1.807) is 39.0 Å². The van der Waals surface area contributed by atoms with E-state index in [1.807, 2.05) is 0 Å². The third-order valence-corrected chi connectivity index (χ3v) is 2.99. The van der Waals surface area contributed by atoms with Gasteiger partial charge in [0.25, 0.3) is 0 Å². The minimum atomic E-state index is -0.663. The third-order valence-electron chi connectivity index (χ3n) is 2.25. The zero-order chi connectivity index (χ0) is 15.5. The van der Waals surface area contributed by atoms with Gasteiger partial charge in [0.2, 0.25) is 0 Å². The second-order valence-corrected chi connectivity index (χ2v) is 6.10. The number of Topliss-reactive ketones (excluding diaryl/α,β-unsaturated/α-hetero) is 1. The van der Waals surface area contributed by atoms with Gasteiger partial charge in [-0.15, -0.1) is 0 Å². The van der Waals surface area contributed by atoms with Crippen LogP contribution in [0.1, 0.15) is 33.3 Å². The summed E-state index contributed by atoms with van der Waals surface area (Å²) < 4.78 is 5.20. The molecule has 20 heavy (non-hydrogen) atoms. The number of ether oxygens (including phenoxy) is 1. The highest BCUT2D eigenvalue weighted by Crippen LogP contribution is 2.24. The van der Waals surface area contributed by atoms with Crippen molar-refractivity contribution < 1.29 is 14.3 Å². The van der Waals surface area contributed by atoms with Crippen LogP contribution in [0.2, 0.25) is 10.0 Å². The molecule has 0 atom stereocenters. The van der Waals surface area contributed by atoms with Crippen molar-refractivity contribution in [2.24, 2.45) is 0 Å². The lowest BCUT2D eigenvalue weighted by Crippen LogP contribution is -2.26. The topological polar surface area (TPSA) is 43.4 Å². The van der Waals surface area contributed by atoms with Gasteiger partial charge >= 0.3 is 5.97 Å². The van der Waals surface area contributed by atoms with Crippen LogP contribution in [0, 0.1) is 0 Å². The fraction of sp³-hybridized carbons (Fsp3) is 0.333. The van der Waals surface area contributed by atoms with Crippen LogP contribution in [0.25, 0.3) is 6.08 Å². The van der Waals surface area contributed by atoms with Crippen LogP contribution in [0.4, 0.5) is 0 Å². The molecule has 0 saturated carbocycles. The summed E-state index contributed by atoms with van der Waals surface area (Å²) in [6, 6.07) is 4.85. The highest BCUT2D eigenvalue weighted by atomic mass is 35.5. The average Bonchev–Trinajstić information content (AvgIpc) is 2.27. The molecule has 0 heterocycles. The minimum absolute atomic E-state index is 0.0293. The molecule has 0 fully saturated rings. The van der Waals surface area contributed by atoms with E-state index in [4.69, 9.17) is 27.9 Å². The molecule has 0 aromatic heterocycles. The molecule has 3 nitrogen and oxygen atoms in total. The summed E-state index contributed by atoms with van der Waals surface area (Å²) in [6.45, 7) is 6.53. The average molecular weight is 315 g/mol. The SMILES string of the molecule is CC(=O)/C(=C\c1ccc(Cl)c(Cl)c1)C(=O)OC(C)(C)C. The summed E-state index contributed by atoms with van der Waals surface area (Å²) in [5, 5.41) is 0.762. The Hall–Kier alpha value is -1.32. The maximum Gasteiger partial charge on any atom is 0.342 e. The fourth-order valence-electron chi connectivity index (χ4n) is 1.41. The van der Waals surface area contributed by atoms with Gasteiger partial charge in [-0.2, -0.15) is 0 Å². The molecular formula is C15H16Cl2O3. The Morgan fingerprint density at radius 3 is 2.20 bits per heavy atom. The second kappa shape index (κ2) is 6.42. The smallest absolute Gasteiger partial charge is 0.342 e. The summed E-state index contributed by atoms with van der Waals surface area (Å²) in [4.78, 5) is 23.6. The monoisotopic (exact) mass is 314 g/mol. The maximum atomic E-state index is 12.0. The highest BCUT2D eigenvalue weighted by Gasteiger charge is 2.22. The summed E-state index contributed by atoms with van der Waals surface area (Å²) >= 11 is 11.7. The summed E-state index contributed by atoms with van der Waals surface area (Å²) in [5.41, 5.74) is -0.0859. The largest absolute Gasteiger partial charge is 0.456 e. The van der Waals surface area contributed by atoms with Crippen molar-refractivity contribution in [3.05, 3.63) is 39.4 Å². The van der Waals surface area contributed by atoms with E-state index >= 15 is 0 Å². The molecule has 108 valence electrons. The zero-order valence-corrected chi connectivity index (χ0v) is 13.3. The van der Waals surface area contributed by atoms with Crippen LogP contribution in [0.3, 0.4) is 0 Å². The zero-order valence-electron chi connectivity index (χ0n) is 11.8. The Morgan fingerprint density at radius 2 is 1.75 bits per heavy atom. The molecule has 0 aliphatic heterocycles. The van der Waals surface area contributed by atoms with Crippen LogP contribution in [-0.2, 0) is 14.3 Å². The Bertz CT molecular complexity index is 569. The van der Waals surface area contributed by atoms with E-state index < -0.39 is 11.6 Å². The van der Waals surface area contributed by atoms with Crippen molar-refractivity contribution in [3.63, 3.8) is 0 Å². The van der Waals surface area contributed by atoms with Crippen molar-refractivity contribution >= 4 is 41.0 Å². The Labute approximate surface area is 128 Å². The number of ketones is 1. The van der Waals surface area contributed by atoms with E-state index in [1.165, 1.54) is 13.0 Å². The van der Waals surface area contributed by atoms with Crippen LogP contribution >= 0.6 is 23.2 Å². The molecule has 0 N–H and O–H groups in total. The van der Waals surface area contributed by atoms with Crippen molar-refractivity contribution in [1.29, 1.82) is 0 Å². The van der Waals surface area contributed by atoms with Crippen molar-refractivity contribution in [2.45, 2.75) is 33.3 Å². The Morgan fingerprint density at radius 1 is 1.15 bits per heavy atom. The molecule has 0 radical (unpaired) electrons. The quantitative estimate of drug-likeness (QED) is 0.361. The van der Waals surface area contributed by atoms with Gasteiger partial charge in [0, 0.05) is 0 Å². The van der Waals surface area contributed by atoms with Gasteiger partial charge in [-0.1, -0.05) is 29.3 Å². The van der Waals surface area contributed by atoms with Gasteiger partial charge < -0.3 is 4.74 Å². The number of carbonyl (C=O) groups excluding carboxylic acids is 2. The van der Waals surface area contributed by atoms with Gasteiger partial charge in [0.1, 0.15) is 11.2 Å². The van der Waals surface area contributed by atoms with E-state index in [0.717, 1.165) is 0 Å². The summed E-state index contributed by atoms with van der Waals surface area (Å²) in [7, 11) is 0. The van der Waals surface area contributed by atoms with Crippen molar-refractivity contribution in [3.8, 4) is 0 Å². The molecule has 0 bridgehead atoms. The molecule has 0 aliphatic carbocycles. The van der Waals surface area contributed by atoms with E-state index in [-0.39, 0.29) is 11.4 Å². The molecular weight excluding hydrogens is 299 g/mol. The molecule has 1 rings (SSSR count). The third kappa shape index (κ3) is 4.99. The van der Waals surface area contributed by atoms with Gasteiger partial charge in [-0.25, -0.2) is 4.79 Å². The van der Waals surface area contributed by atoms with Crippen LogP contribution in [-0.4, -0.2) is 17.4 Å². The van der Waals surface area contributed by atoms with Crippen LogP contribution < -0.4 is 0 Å². The number of carbonyl (C=O) groups is 2. The number of benzene rings is 1. The molecule has 0 saturated heterocycles. The molecule has 5 heteroatoms. The normalized spacial score (nSPS) is 12.2. The number of rotatable bonds is 3. The predicted molar refractivity (Wildman–Crippen MR) is 81.0 cm³/mol. The van der Waals surface area contributed by atoms with E-state index in [0.29, 0.717) is 15.6 Å². The van der Waals surface area contributed by atoms with Crippen molar-refractivity contribution in [2.75, 3.05) is 0 Å². The molecule has 0 unspecified atom stereocenters. The number of hydrogen-bond donors (Lipinski definition) is 0. The van der Waals surface area contributed by atoms with Crippen LogP contribution in [0.5, 0.6) is 0 Å². The lowest BCUT2D eigenvalue weighted by Gasteiger charge is -2.19. The van der Waals surface area contributed by atoms with Gasteiger partial charge in [-0.05, 0) is 51.5 Å². The Kier molecular flexibility index (Phi) is 5.37. The van der Waals surface area contributed by atoms with Gasteiger partial charge in [-0.3, -0.25) is 4.79 Å². The molecule has 1 aromatic rings. The molecule has 1 aromatic carbocycles. The summed E-state index contributed by atoms with van der Waals surface area (Å²) in [6.07, 6.45) is 1.44. The first-order valence-electron chi connectivity index (χ1n) is 6.01. The molecule has 0 aliphatic rings. The first-order valence-corrected chi connectivity index (χ1v) is 6.77. The van der Waals surface area contributed by atoms with E-state index in [9.17, 15) is 9.59 Å². The first kappa shape index (κ1) is 16.7. The first-order chi connectivity index (χ1) is 9.10. The van der Waals surface area contributed by atoms with Crippen molar-refractivity contribution in [1.82, 2.24) is 0 Å². The standard InChI is InChI=1S/C15H16Cl2O3/c1-9(18)11(14(19)20-15(2,3)4)7-10-5-6-12(16)13(17)8-10/h5-8H,1-4H3/b11-7+. The van der Waals surface area contributed by atoms with Gasteiger partial charge in [0.05, 0.1) is 10.0 Å². The second-order valence-electron chi connectivity index (χ2n) is 5.29. The Balaban J connectivity index is 3.13. The van der Waals surface area contributed by atoms with Crippen LogP contribution in [0.15, 0.2) is 23.8 Å². The number of hydrogen-bond acceptors (Lipinski definition) is 3.